The van der Waals surface area contributed by atoms with Crippen molar-refractivity contribution >= 4 is 16.7 Å². The number of piperazine rings is 1. The lowest BCUT2D eigenvalue weighted by atomic mass is 10.0. The maximum Gasteiger partial charge on any atom is 0.0958 e. The van der Waals surface area contributed by atoms with Gasteiger partial charge in [-0.1, -0.05) is 24.3 Å². The number of benzene rings is 2. The Balaban J connectivity index is 1.37. The van der Waals surface area contributed by atoms with E-state index >= 15 is 0 Å². The van der Waals surface area contributed by atoms with E-state index < -0.39 is 0 Å². The van der Waals surface area contributed by atoms with Crippen LogP contribution in [0.15, 0.2) is 48.8 Å². The van der Waals surface area contributed by atoms with E-state index in [1.165, 1.54) is 29.6 Å². The molecule has 2 fully saturated rings. The molecule has 0 bridgehead atoms. The number of imidazole rings is 1. The van der Waals surface area contributed by atoms with Crippen LogP contribution in [0.25, 0.3) is 11.0 Å². The molecule has 140 valence electrons. The van der Waals surface area contributed by atoms with Gasteiger partial charge in [0.1, 0.15) is 0 Å². The topological polar surface area (TPSA) is 24.3 Å². The van der Waals surface area contributed by atoms with Gasteiger partial charge >= 0.3 is 0 Å². The molecule has 0 radical (unpaired) electrons. The summed E-state index contributed by atoms with van der Waals surface area (Å²) in [5.74, 6) is 0.810. The fraction of sp³-hybridized carbons (Fsp3) is 0.435. The molecule has 2 heterocycles. The minimum absolute atomic E-state index is 0.810. The van der Waals surface area contributed by atoms with E-state index in [-0.39, 0.29) is 0 Å². The maximum absolute atomic E-state index is 4.64. The van der Waals surface area contributed by atoms with Crippen molar-refractivity contribution in [3.05, 3.63) is 59.9 Å². The summed E-state index contributed by atoms with van der Waals surface area (Å²) >= 11 is 0. The fourth-order valence-electron chi connectivity index (χ4n) is 4.28. The number of hydrogen-bond donors (Lipinski definition) is 0. The first-order valence-corrected chi connectivity index (χ1v) is 10.2. The summed E-state index contributed by atoms with van der Waals surface area (Å²) in [5, 5.41) is 0. The molecule has 1 aliphatic heterocycles. The van der Waals surface area contributed by atoms with Crippen LogP contribution in [0.2, 0.25) is 0 Å². The summed E-state index contributed by atoms with van der Waals surface area (Å²) in [7, 11) is 2.20. The highest BCUT2D eigenvalue weighted by molar-refractivity contribution is 5.80. The van der Waals surface area contributed by atoms with E-state index in [1.54, 1.807) is 5.56 Å². The quantitative estimate of drug-likeness (QED) is 0.689. The highest BCUT2D eigenvalue weighted by Crippen LogP contribution is 2.41. The molecule has 1 aromatic heterocycles. The molecule has 4 heteroatoms. The van der Waals surface area contributed by atoms with Crippen molar-refractivity contribution in [1.82, 2.24) is 14.5 Å². The molecule has 1 saturated carbocycles. The van der Waals surface area contributed by atoms with Gasteiger partial charge in [0, 0.05) is 38.4 Å². The normalized spacial score (nSPS) is 18.3. The first-order chi connectivity index (χ1) is 13.3. The molecule has 27 heavy (non-hydrogen) atoms. The van der Waals surface area contributed by atoms with Crippen molar-refractivity contribution in [1.29, 1.82) is 0 Å². The molecule has 1 aliphatic carbocycles. The van der Waals surface area contributed by atoms with Crippen molar-refractivity contribution < 1.29 is 0 Å². The standard InChI is InChI=1S/C23H28N4/c1-25-12-14-26(15-13-25)20-8-9-22-23(16-20)27(17-24-22)11-10-18-4-2-3-5-21(18)19-6-7-19/h2-5,8-9,16-17,19H,6-7,10-15H2,1H3. The molecule has 4 nitrogen and oxygen atoms in total. The highest BCUT2D eigenvalue weighted by Gasteiger charge is 2.25. The third-order valence-corrected chi connectivity index (χ3v) is 6.17. The zero-order valence-electron chi connectivity index (χ0n) is 16.1. The summed E-state index contributed by atoms with van der Waals surface area (Å²) in [6.45, 7) is 5.47. The molecule has 3 aromatic rings. The van der Waals surface area contributed by atoms with E-state index in [4.69, 9.17) is 0 Å². The van der Waals surface area contributed by atoms with Gasteiger partial charge in [-0.3, -0.25) is 0 Å². The van der Waals surface area contributed by atoms with Crippen LogP contribution in [0.3, 0.4) is 0 Å². The van der Waals surface area contributed by atoms with Gasteiger partial charge in [-0.25, -0.2) is 4.98 Å². The zero-order chi connectivity index (χ0) is 18.2. The van der Waals surface area contributed by atoms with Crippen LogP contribution in [0.4, 0.5) is 5.69 Å². The van der Waals surface area contributed by atoms with Gasteiger partial charge in [-0.2, -0.15) is 0 Å². The second kappa shape index (κ2) is 7.01. The second-order valence-corrected chi connectivity index (χ2v) is 8.12. The average Bonchev–Trinajstić information content (AvgIpc) is 3.47. The number of nitrogens with zero attached hydrogens (tertiary/aromatic N) is 4. The number of fused-ring (bicyclic) bond motifs is 1. The monoisotopic (exact) mass is 360 g/mol. The largest absolute Gasteiger partial charge is 0.369 e. The lowest BCUT2D eigenvalue weighted by Crippen LogP contribution is -2.44. The molecule has 5 rings (SSSR count). The summed E-state index contributed by atoms with van der Waals surface area (Å²) in [6, 6.07) is 15.7. The predicted octanol–water partition coefficient (Wildman–Crippen LogP) is 3.91. The zero-order valence-corrected chi connectivity index (χ0v) is 16.1. The van der Waals surface area contributed by atoms with Gasteiger partial charge in [0.05, 0.1) is 17.4 Å². The molecule has 2 aromatic carbocycles. The van der Waals surface area contributed by atoms with E-state index in [9.17, 15) is 0 Å². The van der Waals surface area contributed by atoms with E-state index in [1.807, 2.05) is 6.33 Å². The molecule has 0 N–H and O–H groups in total. The van der Waals surface area contributed by atoms with Crippen LogP contribution in [0, 0.1) is 0 Å². The predicted molar refractivity (Wildman–Crippen MR) is 112 cm³/mol. The van der Waals surface area contributed by atoms with E-state index in [0.29, 0.717) is 0 Å². The Kier molecular flexibility index (Phi) is 4.36. The van der Waals surface area contributed by atoms with Crippen LogP contribution in [-0.2, 0) is 13.0 Å². The Morgan fingerprint density at radius 2 is 1.81 bits per heavy atom. The summed E-state index contributed by atoms with van der Waals surface area (Å²) < 4.78 is 2.33. The highest BCUT2D eigenvalue weighted by atomic mass is 15.2. The third kappa shape index (κ3) is 3.46. The molecule has 2 aliphatic rings. The number of likely N-dealkylation sites (N-methyl/N-ethyl adjacent to an activating group) is 1. The second-order valence-electron chi connectivity index (χ2n) is 8.12. The van der Waals surface area contributed by atoms with Crippen molar-refractivity contribution in [2.75, 3.05) is 38.1 Å². The SMILES string of the molecule is CN1CCN(c2ccc3ncn(CCc4ccccc4C4CC4)c3c2)CC1. The Morgan fingerprint density at radius 3 is 2.63 bits per heavy atom. The molecule has 0 spiro atoms. The van der Waals surface area contributed by atoms with Crippen LogP contribution < -0.4 is 4.90 Å². The van der Waals surface area contributed by atoms with Crippen LogP contribution >= 0.6 is 0 Å². The number of hydrogen-bond acceptors (Lipinski definition) is 3. The van der Waals surface area contributed by atoms with E-state index in [0.717, 1.165) is 50.6 Å². The molecular formula is C23H28N4. The third-order valence-electron chi connectivity index (χ3n) is 6.17. The van der Waals surface area contributed by atoms with E-state index in [2.05, 4.69) is 68.9 Å². The summed E-state index contributed by atoms with van der Waals surface area (Å²) in [4.78, 5) is 9.53. The van der Waals surface area contributed by atoms with Gasteiger partial charge in [0.2, 0.25) is 0 Å². The van der Waals surface area contributed by atoms with Crippen molar-refractivity contribution in [2.24, 2.45) is 0 Å². The van der Waals surface area contributed by atoms with Gasteiger partial charge in [0.25, 0.3) is 0 Å². The van der Waals surface area contributed by atoms with Crippen LogP contribution in [-0.4, -0.2) is 47.7 Å². The Morgan fingerprint density at radius 1 is 1.00 bits per heavy atom. The minimum Gasteiger partial charge on any atom is -0.369 e. The first kappa shape index (κ1) is 16.8. The Hall–Kier alpha value is -2.33. The maximum atomic E-state index is 4.64. The lowest BCUT2D eigenvalue weighted by Gasteiger charge is -2.34. The number of aromatic nitrogens is 2. The van der Waals surface area contributed by atoms with Gasteiger partial charge in [0.15, 0.2) is 0 Å². The van der Waals surface area contributed by atoms with Crippen molar-refractivity contribution in [2.45, 2.75) is 31.7 Å². The Bertz CT molecular complexity index is 932. The average molecular weight is 361 g/mol. The van der Waals surface area contributed by atoms with Gasteiger partial charge < -0.3 is 14.4 Å². The van der Waals surface area contributed by atoms with Crippen LogP contribution in [0.1, 0.15) is 29.9 Å². The van der Waals surface area contributed by atoms with Crippen molar-refractivity contribution in [3.63, 3.8) is 0 Å². The van der Waals surface area contributed by atoms with Crippen LogP contribution in [0.5, 0.6) is 0 Å². The minimum atomic E-state index is 0.810. The number of rotatable bonds is 5. The Labute approximate surface area is 161 Å². The molecule has 1 saturated heterocycles. The molecule has 0 amide bonds. The number of aryl methyl sites for hydroxylation is 2. The van der Waals surface area contributed by atoms with Crippen molar-refractivity contribution in [3.8, 4) is 0 Å². The fourth-order valence-corrected chi connectivity index (χ4v) is 4.28. The smallest absolute Gasteiger partial charge is 0.0958 e. The number of anilines is 1. The molecule has 0 atom stereocenters. The van der Waals surface area contributed by atoms with Gasteiger partial charge in [-0.05, 0) is 61.6 Å². The first-order valence-electron chi connectivity index (χ1n) is 10.2. The van der Waals surface area contributed by atoms with Gasteiger partial charge in [-0.15, -0.1) is 0 Å². The summed E-state index contributed by atoms with van der Waals surface area (Å²) in [5.41, 5.74) is 6.77. The lowest BCUT2D eigenvalue weighted by molar-refractivity contribution is 0.313. The molecule has 0 unspecified atom stereocenters. The summed E-state index contributed by atoms with van der Waals surface area (Å²) in [6.07, 6.45) is 5.81. The molecular weight excluding hydrogens is 332 g/mol.